The van der Waals surface area contributed by atoms with E-state index in [4.69, 9.17) is 21.4 Å². The lowest BCUT2D eigenvalue weighted by molar-refractivity contribution is -0.120. The van der Waals surface area contributed by atoms with Gasteiger partial charge in [-0.2, -0.15) is 5.48 Å². The number of nitrogens with one attached hydrogen (secondary N) is 1. The molecule has 0 aliphatic carbocycles. The van der Waals surface area contributed by atoms with Crippen molar-refractivity contribution in [1.82, 2.24) is 5.48 Å². The molecule has 10 heavy (non-hydrogen) atoms. The summed E-state index contributed by atoms with van der Waals surface area (Å²) in [5, 5.41) is 8.65. The van der Waals surface area contributed by atoms with Crippen molar-refractivity contribution in [2.45, 2.75) is 24.7 Å². The van der Waals surface area contributed by atoms with Crippen LogP contribution >= 0.6 is 0 Å². The molecule has 1 aliphatic rings. The third-order valence-corrected chi connectivity index (χ3v) is 1.78. The number of rotatable bonds is 2. The summed E-state index contributed by atoms with van der Waals surface area (Å²) in [6, 6.07) is 0. The van der Waals surface area contributed by atoms with Crippen LogP contribution in [0.1, 0.15) is 12.8 Å². The molecule has 1 heterocycles. The normalized spacial score (nSPS) is 33.6. The zero-order valence-corrected chi connectivity index (χ0v) is 5.71. The van der Waals surface area contributed by atoms with E-state index in [9.17, 15) is 0 Å². The Balaban J connectivity index is 2.58. The van der Waals surface area contributed by atoms with Gasteiger partial charge in [-0.3, -0.25) is 0 Å². The van der Waals surface area contributed by atoms with Crippen LogP contribution in [0.5, 0.6) is 0 Å². The zero-order chi connectivity index (χ0) is 7.61. The fourth-order valence-electron chi connectivity index (χ4n) is 1.09. The number of nitrogens with two attached hydrogens (primary N) is 2. The monoisotopic (exact) mass is 147 g/mol. The maximum absolute atomic E-state index is 8.65. The molecule has 0 saturated carbocycles. The Hall–Kier alpha value is -0.200. The van der Waals surface area contributed by atoms with Gasteiger partial charge in [-0.1, -0.05) is 0 Å². The third kappa shape index (κ3) is 1.14. The molecule has 0 aromatic heterocycles. The van der Waals surface area contributed by atoms with Gasteiger partial charge < -0.3 is 21.4 Å². The standard InChI is InChI=1S/C5H13N3O2/c6-4(7)5(8-9)2-1-3-10-5/h4,8-9H,1-3,6-7H2. The molecule has 1 fully saturated rings. The molecule has 1 atom stereocenters. The first kappa shape index (κ1) is 7.90. The molecule has 60 valence electrons. The van der Waals surface area contributed by atoms with Crippen LogP contribution in [0.15, 0.2) is 0 Å². The fraction of sp³-hybridized carbons (Fsp3) is 1.00. The highest BCUT2D eigenvalue weighted by Crippen LogP contribution is 2.22. The molecule has 1 aliphatic heterocycles. The molecule has 0 radical (unpaired) electrons. The van der Waals surface area contributed by atoms with Gasteiger partial charge in [0.25, 0.3) is 0 Å². The predicted octanol–water partition coefficient (Wildman–Crippen LogP) is -1.28. The first-order valence-electron chi connectivity index (χ1n) is 3.28. The Labute approximate surface area is 59.3 Å². The molecule has 5 heteroatoms. The van der Waals surface area contributed by atoms with Gasteiger partial charge in [0.2, 0.25) is 0 Å². The van der Waals surface area contributed by atoms with Gasteiger partial charge >= 0.3 is 0 Å². The lowest BCUT2D eigenvalue weighted by atomic mass is 10.1. The van der Waals surface area contributed by atoms with Crippen LogP contribution < -0.4 is 16.9 Å². The van der Waals surface area contributed by atoms with E-state index in [1.54, 1.807) is 0 Å². The molecule has 0 aromatic carbocycles. The van der Waals surface area contributed by atoms with E-state index < -0.39 is 11.9 Å². The van der Waals surface area contributed by atoms with Crippen molar-refractivity contribution in [3.63, 3.8) is 0 Å². The molecular weight excluding hydrogens is 134 g/mol. The van der Waals surface area contributed by atoms with Crippen LogP contribution in [0.2, 0.25) is 0 Å². The van der Waals surface area contributed by atoms with Crippen LogP contribution in [0, 0.1) is 0 Å². The van der Waals surface area contributed by atoms with Gasteiger partial charge in [0.05, 0.1) is 6.17 Å². The fourth-order valence-corrected chi connectivity index (χ4v) is 1.09. The van der Waals surface area contributed by atoms with Crippen molar-refractivity contribution < 1.29 is 9.94 Å². The van der Waals surface area contributed by atoms with E-state index >= 15 is 0 Å². The van der Waals surface area contributed by atoms with Crippen molar-refractivity contribution in [3.05, 3.63) is 0 Å². The van der Waals surface area contributed by atoms with E-state index in [1.165, 1.54) is 0 Å². The minimum atomic E-state index is -0.903. The Morgan fingerprint density at radius 2 is 2.30 bits per heavy atom. The second kappa shape index (κ2) is 2.81. The SMILES string of the molecule is NC(N)C1(NO)CCCO1. The Morgan fingerprint density at radius 3 is 2.50 bits per heavy atom. The number of hydroxylamine groups is 1. The highest BCUT2D eigenvalue weighted by Gasteiger charge is 2.38. The minimum absolute atomic E-state index is 0.596. The number of hydrogen-bond donors (Lipinski definition) is 4. The van der Waals surface area contributed by atoms with Crippen molar-refractivity contribution in [2.75, 3.05) is 6.61 Å². The molecule has 0 bridgehead atoms. The van der Waals surface area contributed by atoms with Gasteiger partial charge in [-0.25, -0.2) is 0 Å². The maximum Gasteiger partial charge on any atom is 0.168 e. The first-order chi connectivity index (χ1) is 4.71. The highest BCUT2D eigenvalue weighted by atomic mass is 16.6. The Bertz CT molecular complexity index is 111. The molecule has 0 spiro atoms. The smallest absolute Gasteiger partial charge is 0.168 e. The van der Waals surface area contributed by atoms with Gasteiger partial charge in [-0.15, -0.1) is 0 Å². The van der Waals surface area contributed by atoms with Crippen molar-refractivity contribution in [3.8, 4) is 0 Å². The molecule has 0 aromatic rings. The van der Waals surface area contributed by atoms with Crippen LogP contribution in [0.25, 0.3) is 0 Å². The van der Waals surface area contributed by atoms with E-state index in [0.29, 0.717) is 13.0 Å². The molecule has 0 amide bonds. The quantitative estimate of drug-likeness (QED) is 0.288. The van der Waals surface area contributed by atoms with Crippen LogP contribution in [0.3, 0.4) is 0 Å². The summed E-state index contributed by atoms with van der Waals surface area (Å²) in [4.78, 5) is 0. The lowest BCUT2D eigenvalue weighted by Crippen LogP contribution is -2.61. The zero-order valence-electron chi connectivity index (χ0n) is 5.71. The van der Waals surface area contributed by atoms with Crippen molar-refractivity contribution in [2.24, 2.45) is 11.5 Å². The summed E-state index contributed by atoms with van der Waals surface area (Å²) in [7, 11) is 0. The summed E-state index contributed by atoms with van der Waals surface area (Å²) in [6.07, 6.45) is 0.847. The summed E-state index contributed by atoms with van der Waals surface area (Å²) in [5.41, 5.74) is 11.8. The molecule has 1 unspecified atom stereocenters. The second-order valence-corrected chi connectivity index (χ2v) is 2.48. The summed E-state index contributed by atoms with van der Waals surface area (Å²) >= 11 is 0. The predicted molar refractivity (Wildman–Crippen MR) is 35.0 cm³/mol. The van der Waals surface area contributed by atoms with Gasteiger partial charge in [0.15, 0.2) is 5.72 Å². The van der Waals surface area contributed by atoms with Gasteiger partial charge in [0, 0.05) is 6.61 Å². The maximum atomic E-state index is 8.65. The minimum Gasteiger partial charge on any atom is -0.355 e. The van der Waals surface area contributed by atoms with E-state index in [-0.39, 0.29) is 0 Å². The van der Waals surface area contributed by atoms with E-state index in [1.807, 2.05) is 5.48 Å². The second-order valence-electron chi connectivity index (χ2n) is 2.48. The third-order valence-electron chi connectivity index (χ3n) is 1.78. The average molecular weight is 147 g/mol. The number of ether oxygens (including phenoxy) is 1. The molecule has 1 saturated heterocycles. The van der Waals surface area contributed by atoms with E-state index in [2.05, 4.69) is 0 Å². The van der Waals surface area contributed by atoms with Gasteiger partial charge in [0.1, 0.15) is 0 Å². The molecule has 1 rings (SSSR count). The van der Waals surface area contributed by atoms with Gasteiger partial charge in [-0.05, 0) is 12.8 Å². The summed E-state index contributed by atoms with van der Waals surface area (Å²) in [5.74, 6) is 0. The largest absolute Gasteiger partial charge is 0.355 e. The van der Waals surface area contributed by atoms with Crippen LogP contribution in [-0.2, 0) is 4.74 Å². The van der Waals surface area contributed by atoms with Crippen molar-refractivity contribution in [1.29, 1.82) is 0 Å². The van der Waals surface area contributed by atoms with Crippen LogP contribution in [-0.4, -0.2) is 23.7 Å². The Morgan fingerprint density at radius 1 is 1.60 bits per heavy atom. The first-order valence-corrected chi connectivity index (χ1v) is 3.28. The molecule has 5 nitrogen and oxygen atoms in total. The average Bonchev–Trinajstić information content (AvgIpc) is 2.35. The van der Waals surface area contributed by atoms with Crippen LogP contribution in [0.4, 0.5) is 0 Å². The summed E-state index contributed by atoms with van der Waals surface area (Å²) < 4.78 is 5.14. The molecule has 6 N–H and O–H groups in total. The molecular formula is C5H13N3O2. The lowest BCUT2D eigenvalue weighted by Gasteiger charge is -2.29. The summed E-state index contributed by atoms with van der Waals surface area (Å²) in [6.45, 7) is 0.596. The van der Waals surface area contributed by atoms with E-state index in [0.717, 1.165) is 6.42 Å². The van der Waals surface area contributed by atoms with Crippen molar-refractivity contribution >= 4 is 0 Å². The number of hydrogen-bond acceptors (Lipinski definition) is 5. The Kier molecular flexibility index (Phi) is 2.22. The highest BCUT2D eigenvalue weighted by molar-refractivity contribution is 4.86. The topological polar surface area (TPSA) is 93.5 Å².